The highest BCUT2D eigenvalue weighted by atomic mass is 79.9. The van der Waals surface area contributed by atoms with Crippen LogP contribution in [0.3, 0.4) is 0 Å². The first-order valence-electron chi connectivity index (χ1n) is 5.90. The number of thiophene rings is 1. The predicted octanol–water partition coefficient (Wildman–Crippen LogP) is 3.21. The number of nitrogens with zero attached hydrogens (tertiary/aromatic N) is 1. The van der Waals surface area contributed by atoms with Gasteiger partial charge in [-0.3, -0.25) is 0 Å². The van der Waals surface area contributed by atoms with E-state index in [1.807, 2.05) is 0 Å². The number of hydrogen-bond acceptors (Lipinski definition) is 4. The van der Waals surface area contributed by atoms with Crippen molar-refractivity contribution in [3.05, 3.63) is 14.9 Å². The lowest BCUT2D eigenvalue weighted by atomic mass is 10.0. The molecule has 1 saturated heterocycles. The van der Waals surface area contributed by atoms with Crippen LogP contribution < -0.4 is 0 Å². The fraction of sp³-hybridized carbons (Fsp3) is 0.636. The van der Waals surface area contributed by atoms with Gasteiger partial charge in [-0.2, -0.15) is 4.31 Å². The predicted molar refractivity (Wildman–Crippen MR) is 80.4 cm³/mol. The maximum Gasteiger partial charge on any atom is 0.252 e. The molecule has 0 amide bonds. The third kappa shape index (κ3) is 3.71. The SMILES string of the molecule is CN(CC1CCCOC1)S(=O)(=O)c1cc(Cl)c(Br)s1. The summed E-state index contributed by atoms with van der Waals surface area (Å²) in [5, 5.41) is 0.429. The Hall–Kier alpha value is 0.340. The molecular formula is C11H15BrClNO3S2. The summed E-state index contributed by atoms with van der Waals surface area (Å²) in [6.45, 7) is 1.89. The van der Waals surface area contributed by atoms with E-state index in [0.29, 0.717) is 22.0 Å². The van der Waals surface area contributed by atoms with Gasteiger partial charge in [0.1, 0.15) is 4.21 Å². The summed E-state index contributed by atoms with van der Waals surface area (Å²) in [4.78, 5) is 0. The summed E-state index contributed by atoms with van der Waals surface area (Å²) < 4.78 is 32.4. The van der Waals surface area contributed by atoms with Crippen LogP contribution in [0.25, 0.3) is 0 Å². The van der Waals surface area contributed by atoms with E-state index in [-0.39, 0.29) is 10.1 Å². The highest BCUT2D eigenvalue weighted by Gasteiger charge is 2.27. The van der Waals surface area contributed by atoms with E-state index in [0.717, 1.165) is 30.8 Å². The summed E-state index contributed by atoms with van der Waals surface area (Å²) in [6.07, 6.45) is 2.00. The molecule has 1 unspecified atom stereocenters. The maximum absolute atomic E-state index is 12.4. The van der Waals surface area contributed by atoms with Crippen molar-refractivity contribution in [2.24, 2.45) is 5.92 Å². The van der Waals surface area contributed by atoms with Crippen molar-refractivity contribution in [2.45, 2.75) is 17.1 Å². The zero-order valence-corrected chi connectivity index (χ0v) is 14.4. The van der Waals surface area contributed by atoms with Gasteiger partial charge in [0.25, 0.3) is 10.0 Å². The molecule has 1 aromatic heterocycles. The van der Waals surface area contributed by atoms with Gasteiger partial charge in [-0.05, 0) is 40.8 Å². The van der Waals surface area contributed by atoms with Crippen molar-refractivity contribution < 1.29 is 13.2 Å². The van der Waals surface area contributed by atoms with E-state index in [4.69, 9.17) is 16.3 Å². The van der Waals surface area contributed by atoms with Gasteiger partial charge in [-0.25, -0.2) is 8.42 Å². The van der Waals surface area contributed by atoms with Gasteiger partial charge >= 0.3 is 0 Å². The third-order valence-corrected chi connectivity index (χ3v) is 7.80. The number of sulfonamides is 1. The van der Waals surface area contributed by atoms with Crippen LogP contribution in [0.5, 0.6) is 0 Å². The number of hydrogen-bond donors (Lipinski definition) is 0. The molecule has 2 heterocycles. The van der Waals surface area contributed by atoms with Crippen LogP contribution in [0.1, 0.15) is 12.8 Å². The standard InChI is InChI=1S/C11H15BrClNO3S2/c1-14(6-8-3-2-4-17-7-8)19(15,16)10-5-9(13)11(12)18-10/h5,8H,2-4,6-7H2,1H3. The van der Waals surface area contributed by atoms with Gasteiger partial charge in [-0.1, -0.05) is 11.6 Å². The number of ether oxygens (including phenoxy) is 1. The monoisotopic (exact) mass is 387 g/mol. The van der Waals surface area contributed by atoms with Gasteiger partial charge < -0.3 is 4.74 Å². The third-order valence-electron chi connectivity index (χ3n) is 3.06. The zero-order chi connectivity index (χ0) is 14.0. The molecule has 1 fully saturated rings. The Morgan fingerprint density at radius 1 is 1.63 bits per heavy atom. The largest absolute Gasteiger partial charge is 0.381 e. The van der Waals surface area contributed by atoms with Gasteiger partial charge in [-0.15, -0.1) is 11.3 Å². The second kappa shape index (κ2) is 6.41. The quantitative estimate of drug-likeness (QED) is 0.795. The Bertz CT molecular complexity index is 521. The maximum atomic E-state index is 12.4. The first-order chi connectivity index (χ1) is 8.91. The highest BCUT2D eigenvalue weighted by Crippen LogP contribution is 2.35. The van der Waals surface area contributed by atoms with Crippen molar-refractivity contribution in [2.75, 3.05) is 26.8 Å². The Balaban J connectivity index is 2.10. The van der Waals surface area contributed by atoms with Crippen LogP contribution in [0.2, 0.25) is 5.02 Å². The average molecular weight is 389 g/mol. The normalized spacial score (nSPS) is 20.9. The molecule has 1 aliphatic rings. The molecule has 4 nitrogen and oxygen atoms in total. The second-order valence-electron chi connectivity index (χ2n) is 4.56. The molecule has 0 aliphatic carbocycles. The number of halogens is 2. The Kier molecular flexibility index (Phi) is 5.30. The van der Waals surface area contributed by atoms with Crippen LogP contribution in [0.4, 0.5) is 0 Å². The van der Waals surface area contributed by atoms with Crippen LogP contribution in [0.15, 0.2) is 14.1 Å². The lowest BCUT2D eigenvalue weighted by molar-refractivity contribution is 0.0495. The van der Waals surface area contributed by atoms with Gasteiger partial charge in [0.15, 0.2) is 0 Å². The summed E-state index contributed by atoms with van der Waals surface area (Å²) in [7, 11) is -1.86. The van der Waals surface area contributed by atoms with Crippen LogP contribution in [-0.4, -0.2) is 39.5 Å². The van der Waals surface area contributed by atoms with E-state index in [2.05, 4.69) is 15.9 Å². The Labute approximate surface area is 130 Å². The molecule has 108 valence electrons. The molecule has 0 aromatic carbocycles. The lowest BCUT2D eigenvalue weighted by Crippen LogP contribution is -2.34. The smallest absolute Gasteiger partial charge is 0.252 e. The molecule has 0 radical (unpaired) electrons. The molecule has 0 spiro atoms. The highest BCUT2D eigenvalue weighted by molar-refractivity contribution is 9.11. The lowest BCUT2D eigenvalue weighted by Gasteiger charge is -2.26. The van der Waals surface area contributed by atoms with Crippen molar-refractivity contribution >= 4 is 48.9 Å². The first-order valence-corrected chi connectivity index (χ1v) is 9.33. The summed E-state index contributed by atoms with van der Waals surface area (Å²) >= 11 is 10.3. The van der Waals surface area contributed by atoms with Crippen molar-refractivity contribution in [1.82, 2.24) is 4.31 Å². The minimum Gasteiger partial charge on any atom is -0.381 e. The molecule has 1 aliphatic heterocycles. The first kappa shape index (κ1) is 15.7. The van der Waals surface area contributed by atoms with Crippen molar-refractivity contribution in [1.29, 1.82) is 0 Å². The minimum atomic E-state index is -3.46. The molecule has 0 N–H and O–H groups in total. The van der Waals surface area contributed by atoms with Crippen molar-refractivity contribution in [3.63, 3.8) is 0 Å². The summed E-state index contributed by atoms with van der Waals surface area (Å²) in [5.74, 6) is 0.271. The zero-order valence-electron chi connectivity index (χ0n) is 10.4. The molecule has 8 heteroatoms. The van der Waals surface area contributed by atoms with Gasteiger partial charge in [0.05, 0.1) is 15.4 Å². The van der Waals surface area contributed by atoms with E-state index in [1.165, 1.54) is 10.4 Å². The average Bonchev–Trinajstić information content (AvgIpc) is 2.71. The fourth-order valence-corrected chi connectivity index (χ4v) is 5.88. The number of rotatable bonds is 4. The molecule has 0 bridgehead atoms. The van der Waals surface area contributed by atoms with Gasteiger partial charge in [0.2, 0.25) is 0 Å². The second-order valence-corrected chi connectivity index (χ2v) is 9.60. The topological polar surface area (TPSA) is 46.6 Å². The van der Waals surface area contributed by atoms with E-state index < -0.39 is 10.0 Å². The minimum absolute atomic E-state index is 0.267. The Morgan fingerprint density at radius 3 is 2.89 bits per heavy atom. The van der Waals surface area contributed by atoms with Crippen LogP contribution in [0, 0.1) is 5.92 Å². The molecule has 1 atom stereocenters. The molecule has 19 heavy (non-hydrogen) atoms. The van der Waals surface area contributed by atoms with E-state index in [9.17, 15) is 8.42 Å². The molecule has 2 rings (SSSR count). The molecule has 1 aromatic rings. The van der Waals surface area contributed by atoms with Crippen LogP contribution in [-0.2, 0) is 14.8 Å². The van der Waals surface area contributed by atoms with E-state index >= 15 is 0 Å². The van der Waals surface area contributed by atoms with Crippen molar-refractivity contribution in [3.8, 4) is 0 Å². The van der Waals surface area contributed by atoms with E-state index in [1.54, 1.807) is 7.05 Å². The molecule has 0 saturated carbocycles. The van der Waals surface area contributed by atoms with Crippen LogP contribution >= 0.6 is 38.9 Å². The van der Waals surface area contributed by atoms with Gasteiger partial charge in [0, 0.05) is 20.2 Å². The summed E-state index contributed by atoms with van der Waals surface area (Å²) in [6, 6.07) is 1.49. The fourth-order valence-electron chi connectivity index (χ4n) is 2.02. The summed E-state index contributed by atoms with van der Waals surface area (Å²) in [5.41, 5.74) is 0. The Morgan fingerprint density at radius 2 is 2.37 bits per heavy atom. The molecular weight excluding hydrogens is 374 g/mol.